The van der Waals surface area contributed by atoms with Crippen molar-refractivity contribution >= 4 is 28.1 Å². The van der Waals surface area contributed by atoms with Crippen molar-refractivity contribution in [3.8, 4) is 22.3 Å². The van der Waals surface area contributed by atoms with Crippen molar-refractivity contribution in [1.29, 1.82) is 0 Å². The molecule has 0 saturated heterocycles. The molecule has 5 aromatic heterocycles. The zero-order valence-corrected chi connectivity index (χ0v) is 18.8. The molecule has 5 aromatic rings. The second-order valence-corrected chi connectivity index (χ2v) is 8.73. The predicted molar refractivity (Wildman–Crippen MR) is 128 cm³/mol. The number of pyridine rings is 2. The van der Waals surface area contributed by atoms with Crippen LogP contribution in [0.5, 0.6) is 0 Å². The number of nitrogens with zero attached hydrogens (tertiary/aromatic N) is 4. The molecule has 0 radical (unpaired) electrons. The van der Waals surface area contributed by atoms with Gasteiger partial charge in [-0.1, -0.05) is 17.8 Å². The molecule has 0 aliphatic heterocycles. The van der Waals surface area contributed by atoms with Gasteiger partial charge in [-0.25, -0.2) is 0 Å². The molecule has 0 aromatic carbocycles. The molecule has 0 amide bonds. The van der Waals surface area contributed by atoms with E-state index in [4.69, 9.17) is 9.51 Å². The molecule has 0 spiro atoms. The minimum Gasteiger partial charge on any atom is -0.507 e. The Morgan fingerprint density at radius 2 is 2.03 bits per heavy atom. The van der Waals surface area contributed by atoms with Crippen molar-refractivity contribution < 1.29 is 9.63 Å². The first-order chi connectivity index (χ1) is 15.4. The molecule has 1 atom stereocenters. The molecule has 0 unspecified atom stereocenters. The van der Waals surface area contributed by atoms with Crippen LogP contribution in [0.15, 0.2) is 65.4 Å². The highest BCUT2D eigenvalue weighted by Crippen LogP contribution is 2.38. The zero-order chi connectivity index (χ0) is 22.4. The fourth-order valence-electron chi connectivity index (χ4n) is 4.09. The fraction of sp³-hybridized carbons (Fsp3) is 0.160. The first kappa shape index (κ1) is 20.2. The summed E-state index contributed by atoms with van der Waals surface area (Å²) in [6, 6.07) is 10.0. The Hall–Kier alpha value is -3.71. The van der Waals surface area contributed by atoms with Crippen molar-refractivity contribution in [1.82, 2.24) is 19.7 Å². The van der Waals surface area contributed by atoms with Crippen LogP contribution < -0.4 is 0 Å². The van der Waals surface area contributed by atoms with Gasteiger partial charge in [0.25, 0.3) is 0 Å². The van der Waals surface area contributed by atoms with Crippen LogP contribution in [-0.4, -0.2) is 24.8 Å². The van der Waals surface area contributed by atoms with Crippen LogP contribution in [0.25, 0.3) is 39.0 Å². The maximum Gasteiger partial charge on any atom is 0.141 e. The number of aromatic nitrogens is 4. The fourth-order valence-corrected chi connectivity index (χ4v) is 4.87. The Morgan fingerprint density at radius 1 is 1.19 bits per heavy atom. The Morgan fingerprint density at radius 3 is 2.69 bits per heavy atom. The number of fused-ring (bicyclic) bond motifs is 1. The highest BCUT2D eigenvalue weighted by atomic mass is 32.1. The van der Waals surface area contributed by atoms with Crippen LogP contribution in [0.2, 0.25) is 0 Å². The molecule has 5 heterocycles. The van der Waals surface area contributed by atoms with Gasteiger partial charge in [-0.15, -0.1) is 11.3 Å². The van der Waals surface area contributed by atoms with Crippen LogP contribution in [0.4, 0.5) is 0 Å². The Balaban J connectivity index is 1.74. The summed E-state index contributed by atoms with van der Waals surface area (Å²) >= 11 is 1.46. The van der Waals surface area contributed by atoms with Crippen molar-refractivity contribution in [2.75, 3.05) is 0 Å². The molecule has 0 saturated carbocycles. The molecule has 7 heteroatoms. The van der Waals surface area contributed by atoms with Gasteiger partial charge in [-0.2, -0.15) is 0 Å². The third kappa shape index (κ3) is 3.31. The summed E-state index contributed by atoms with van der Waals surface area (Å²) in [4.78, 5) is 10.2. The summed E-state index contributed by atoms with van der Waals surface area (Å²) in [5.74, 6) is 0.837. The summed E-state index contributed by atoms with van der Waals surface area (Å²) in [5, 5.41) is 15.9. The van der Waals surface area contributed by atoms with Gasteiger partial charge in [0, 0.05) is 35.3 Å². The lowest BCUT2D eigenvalue weighted by Gasteiger charge is -2.15. The molecule has 0 fully saturated rings. The van der Waals surface area contributed by atoms with E-state index in [1.165, 1.54) is 11.3 Å². The molecular weight excluding hydrogens is 420 g/mol. The lowest BCUT2D eigenvalue weighted by molar-refractivity contribution is 0.393. The minimum atomic E-state index is 0.0000758. The average molecular weight is 443 g/mol. The van der Waals surface area contributed by atoms with E-state index in [1.54, 1.807) is 0 Å². The summed E-state index contributed by atoms with van der Waals surface area (Å²) in [6.07, 6.45) is 5.79. The smallest absolute Gasteiger partial charge is 0.141 e. The van der Waals surface area contributed by atoms with Crippen LogP contribution in [0, 0.1) is 13.8 Å². The van der Waals surface area contributed by atoms with Crippen molar-refractivity contribution in [2.24, 2.45) is 0 Å². The maximum atomic E-state index is 9.81. The molecule has 0 bridgehead atoms. The molecule has 1 N–H and O–H groups in total. The third-order valence-electron chi connectivity index (χ3n) is 5.72. The number of aliphatic hydroxyl groups excluding tert-OH is 1. The predicted octanol–water partition coefficient (Wildman–Crippen LogP) is 6.57. The second kappa shape index (κ2) is 7.76. The first-order valence-corrected chi connectivity index (χ1v) is 11.1. The molecule has 5 rings (SSSR count). The average Bonchev–Trinajstić information content (AvgIpc) is 3.50. The van der Waals surface area contributed by atoms with Crippen molar-refractivity contribution in [3.63, 3.8) is 0 Å². The number of aliphatic hydroxyl groups is 1. The molecule has 0 aliphatic rings. The molecule has 160 valence electrons. The normalized spacial score (nSPS) is 12.3. The standard InChI is InChI=1S/C25H22N4O2S/c1-14-24(17(4)31-28-14)18-9-22-25(27-11-18)20(19-10-23(16(3)30)32-13-19)12-29(22)15(2)21-7-5-6-8-26-21/h5-13,15,30H,3H2,1-2,4H3/t15-/m0/s1. The Bertz CT molecular complexity index is 1430. The van der Waals surface area contributed by atoms with E-state index in [-0.39, 0.29) is 11.8 Å². The zero-order valence-electron chi connectivity index (χ0n) is 18.0. The van der Waals surface area contributed by atoms with Gasteiger partial charge in [0.2, 0.25) is 0 Å². The third-order valence-corrected chi connectivity index (χ3v) is 6.70. The topological polar surface area (TPSA) is 77.0 Å². The SMILES string of the molecule is C=C(O)c1cc(-c2cn([C@@H](C)c3ccccn3)c3cc(-c4c(C)noc4C)cnc23)cs1. The highest BCUT2D eigenvalue weighted by molar-refractivity contribution is 7.11. The Labute approximate surface area is 189 Å². The summed E-state index contributed by atoms with van der Waals surface area (Å²) in [6.45, 7) is 9.62. The van der Waals surface area contributed by atoms with Crippen LogP contribution in [0.1, 0.15) is 35.0 Å². The van der Waals surface area contributed by atoms with E-state index in [9.17, 15) is 5.11 Å². The summed E-state index contributed by atoms with van der Waals surface area (Å²) in [7, 11) is 0. The van der Waals surface area contributed by atoms with E-state index >= 15 is 0 Å². The van der Waals surface area contributed by atoms with Gasteiger partial charge in [-0.3, -0.25) is 9.97 Å². The van der Waals surface area contributed by atoms with Gasteiger partial charge >= 0.3 is 0 Å². The van der Waals surface area contributed by atoms with Crippen LogP contribution >= 0.6 is 11.3 Å². The first-order valence-electron chi connectivity index (χ1n) is 10.3. The lowest BCUT2D eigenvalue weighted by atomic mass is 10.0. The van der Waals surface area contributed by atoms with E-state index in [2.05, 4.69) is 40.5 Å². The molecule has 0 aliphatic carbocycles. The highest BCUT2D eigenvalue weighted by Gasteiger charge is 2.20. The maximum absolute atomic E-state index is 9.81. The van der Waals surface area contributed by atoms with E-state index in [0.29, 0.717) is 0 Å². The largest absolute Gasteiger partial charge is 0.507 e. The second-order valence-electron chi connectivity index (χ2n) is 7.82. The van der Waals surface area contributed by atoms with Gasteiger partial charge < -0.3 is 14.2 Å². The van der Waals surface area contributed by atoms with Gasteiger partial charge in [0.15, 0.2) is 0 Å². The van der Waals surface area contributed by atoms with Gasteiger partial charge in [-0.05, 0) is 56.0 Å². The quantitative estimate of drug-likeness (QED) is 0.312. The van der Waals surface area contributed by atoms with Crippen LogP contribution in [-0.2, 0) is 0 Å². The van der Waals surface area contributed by atoms with Gasteiger partial charge in [0.1, 0.15) is 11.5 Å². The monoisotopic (exact) mass is 442 g/mol. The lowest BCUT2D eigenvalue weighted by Crippen LogP contribution is -2.07. The van der Waals surface area contributed by atoms with E-state index in [0.717, 1.165) is 55.3 Å². The van der Waals surface area contributed by atoms with E-state index in [1.807, 2.05) is 55.9 Å². The van der Waals surface area contributed by atoms with Crippen molar-refractivity contribution in [2.45, 2.75) is 26.8 Å². The molecule has 32 heavy (non-hydrogen) atoms. The minimum absolute atomic E-state index is 0.0000758. The number of thiophene rings is 1. The number of aryl methyl sites for hydroxylation is 2. The van der Waals surface area contributed by atoms with Gasteiger partial charge in [0.05, 0.1) is 33.3 Å². The number of hydrogen-bond acceptors (Lipinski definition) is 6. The summed E-state index contributed by atoms with van der Waals surface area (Å²) in [5.41, 5.74) is 7.60. The molecule has 6 nitrogen and oxygen atoms in total. The van der Waals surface area contributed by atoms with Crippen molar-refractivity contribution in [3.05, 3.63) is 82.9 Å². The van der Waals surface area contributed by atoms with Crippen LogP contribution in [0.3, 0.4) is 0 Å². The molecular formula is C25H22N4O2S. The van der Waals surface area contributed by atoms with E-state index < -0.39 is 0 Å². The number of hydrogen-bond donors (Lipinski definition) is 1. The Kier molecular flexibility index (Phi) is 4.90. The summed E-state index contributed by atoms with van der Waals surface area (Å²) < 4.78 is 7.58. The number of rotatable bonds is 5.